The molecule has 0 atom stereocenters. The Labute approximate surface area is 81.3 Å². The Bertz CT molecular complexity index is 324. The Morgan fingerprint density at radius 3 is 2.43 bits per heavy atom. The van der Waals surface area contributed by atoms with E-state index in [1.807, 2.05) is 30.3 Å². The van der Waals surface area contributed by atoms with Crippen LogP contribution in [0.25, 0.3) is 0 Å². The van der Waals surface area contributed by atoms with Gasteiger partial charge in [0.25, 0.3) is 0 Å². The number of hydrogen-bond acceptors (Lipinski definition) is 2. The number of nitrogens with one attached hydrogen (secondary N) is 3. The number of benzene rings is 1. The molecule has 0 fully saturated rings. The Kier molecular flexibility index (Phi) is 3.49. The zero-order valence-electron chi connectivity index (χ0n) is 7.41. The highest BCUT2D eigenvalue weighted by Gasteiger charge is 2.02. The lowest BCUT2D eigenvalue weighted by Crippen LogP contribution is -2.38. The van der Waals surface area contributed by atoms with Crippen molar-refractivity contribution in [2.45, 2.75) is 6.54 Å². The van der Waals surface area contributed by atoms with Crippen molar-refractivity contribution in [3.8, 4) is 0 Å². The van der Waals surface area contributed by atoms with Crippen LogP contribution in [0.3, 0.4) is 0 Å². The van der Waals surface area contributed by atoms with Crippen molar-refractivity contribution < 1.29 is 9.59 Å². The van der Waals surface area contributed by atoms with Crippen LogP contribution in [-0.2, 0) is 6.54 Å². The van der Waals surface area contributed by atoms with Gasteiger partial charge in [0.15, 0.2) is 0 Å². The number of amides is 4. The van der Waals surface area contributed by atoms with Crippen LogP contribution >= 0.6 is 0 Å². The molecule has 3 N–H and O–H groups in total. The van der Waals surface area contributed by atoms with Crippen molar-refractivity contribution in [1.82, 2.24) is 16.4 Å². The first-order valence-electron chi connectivity index (χ1n) is 4.03. The second kappa shape index (κ2) is 4.86. The topological polar surface area (TPSA) is 82.0 Å². The molecule has 0 aliphatic heterocycles. The van der Waals surface area contributed by atoms with Crippen LogP contribution in [0.4, 0.5) is 9.59 Å². The zero-order chi connectivity index (χ0) is 10.4. The highest BCUT2D eigenvalue weighted by Crippen LogP contribution is 1.96. The van der Waals surface area contributed by atoms with Gasteiger partial charge < -0.3 is 5.32 Å². The molecule has 0 unspecified atom stereocenters. The fourth-order valence-electron chi connectivity index (χ4n) is 0.926. The van der Waals surface area contributed by atoms with Crippen molar-refractivity contribution in [2.75, 3.05) is 0 Å². The third-order valence-corrected chi connectivity index (χ3v) is 1.52. The molecule has 1 radical (unpaired) electrons. The maximum absolute atomic E-state index is 10.9. The molecule has 0 bridgehead atoms. The molecule has 5 heteroatoms. The first-order valence-corrected chi connectivity index (χ1v) is 4.03. The van der Waals surface area contributed by atoms with Gasteiger partial charge in [-0.3, -0.25) is 5.32 Å². The lowest BCUT2D eigenvalue weighted by Gasteiger charge is -2.03. The molecule has 14 heavy (non-hydrogen) atoms. The fourth-order valence-corrected chi connectivity index (χ4v) is 0.926. The Morgan fingerprint density at radius 1 is 1.21 bits per heavy atom. The van der Waals surface area contributed by atoms with E-state index in [9.17, 15) is 9.59 Å². The molecular formula is C9H10N3O2. The van der Waals surface area contributed by atoms with Gasteiger partial charge in [0.1, 0.15) is 0 Å². The predicted molar refractivity (Wildman–Crippen MR) is 50.3 cm³/mol. The lowest BCUT2D eigenvalue weighted by atomic mass is 10.2. The molecule has 1 rings (SSSR count). The number of carbonyl (C=O) groups excluding carboxylic acids is 2. The molecule has 4 amide bonds. The van der Waals surface area contributed by atoms with Crippen LogP contribution in [0.1, 0.15) is 5.56 Å². The SMILES string of the molecule is [NH]C(=O)NC(=O)NCc1ccccc1. The van der Waals surface area contributed by atoms with E-state index in [4.69, 9.17) is 5.73 Å². The minimum Gasteiger partial charge on any atom is -0.334 e. The third-order valence-electron chi connectivity index (χ3n) is 1.52. The molecule has 1 aromatic carbocycles. The Balaban J connectivity index is 2.34. The van der Waals surface area contributed by atoms with Crippen LogP contribution in [0.15, 0.2) is 30.3 Å². The number of rotatable bonds is 2. The van der Waals surface area contributed by atoms with E-state index >= 15 is 0 Å². The quantitative estimate of drug-likeness (QED) is 0.729. The molecule has 1 aromatic rings. The van der Waals surface area contributed by atoms with E-state index in [0.29, 0.717) is 6.54 Å². The summed E-state index contributed by atoms with van der Waals surface area (Å²) in [6.45, 7) is 0.333. The van der Waals surface area contributed by atoms with Gasteiger partial charge >= 0.3 is 12.1 Å². The molecular weight excluding hydrogens is 182 g/mol. The maximum Gasteiger partial charge on any atom is 0.341 e. The second-order valence-corrected chi connectivity index (χ2v) is 2.62. The van der Waals surface area contributed by atoms with E-state index in [-0.39, 0.29) is 0 Å². The predicted octanol–water partition coefficient (Wildman–Crippen LogP) is 0.889. The van der Waals surface area contributed by atoms with E-state index in [0.717, 1.165) is 5.56 Å². The molecule has 0 aromatic heterocycles. The minimum atomic E-state index is -1.12. The standard InChI is InChI=1S/C9H10N3O2/c10-8(13)12-9(14)11-6-7-4-2-1-3-5-7/h1-5,10H,6H2,(H2,11,12,13,14). The summed E-state index contributed by atoms with van der Waals surface area (Å²) in [5.74, 6) is 0. The molecule has 0 aliphatic carbocycles. The summed E-state index contributed by atoms with van der Waals surface area (Å²) in [4.78, 5) is 21.0. The monoisotopic (exact) mass is 192 g/mol. The molecule has 0 spiro atoms. The van der Waals surface area contributed by atoms with Crippen molar-refractivity contribution in [2.24, 2.45) is 0 Å². The Morgan fingerprint density at radius 2 is 1.86 bits per heavy atom. The van der Waals surface area contributed by atoms with Crippen LogP contribution in [0.5, 0.6) is 0 Å². The number of carbonyl (C=O) groups is 2. The summed E-state index contributed by atoms with van der Waals surface area (Å²) in [5, 5.41) is 4.23. The van der Waals surface area contributed by atoms with Crippen molar-refractivity contribution >= 4 is 12.1 Å². The normalized spacial score (nSPS) is 9.14. The smallest absolute Gasteiger partial charge is 0.334 e. The van der Waals surface area contributed by atoms with E-state index in [1.165, 1.54) is 0 Å². The molecule has 73 valence electrons. The van der Waals surface area contributed by atoms with Gasteiger partial charge in [-0.15, -0.1) is 0 Å². The molecule has 0 aliphatic rings. The van der Waals surface area contributed by atoms with Gasteiger partial charge in [-0.25, -0.2) is 15.3 Å². The average Bonchev–Trinajstić information content (AvgIpc) is 2.15. The highest BCUT2D eigenvalue weighted by atomic mass is 16.2. The van der Waals surface area contributed by atoms with E-state index < -0.39 is 12.1 Å². The largest absolute Gasteiger partial charge is 0.341 e. The summed E-state index contributed by atoms with van der Waals surface area (Å²) in [7, 11) is 0. The van der Waals surface area contributed by atoms with Gasteiger partial charge in [-0.1, -0.05) is 30.3 Å². The van der Waals surface area contributed by atoms with Gasteiger partial charge in [0.05, 0.1) is 0 Å². The summed E-state index contributed by atoms with van der Waals surface area (Å²) < 4.78 is 0. The molecule has 0 saturated carbocycles. The third kappa shape index (κ3) is 3.57. The van der Waals surface area contributed by atoms with Crippen LogP contribution in [-0.4, -0.2) is 12.1 Å². The zero-order valence-corrected chi connectivity index (χ0v) is 7.41. The van der Waals surface area contributed by atoms with Crippen molar-refractivity contribution in [3.05, 3.63) is 35.9 Å². The average molecular weight is 192 g/mol. The lowest BCUT2D eigenvalue weighted by molar-refractivity contribution is 0.230. The van der Waals surface area contributed by atoms with Gasteiger partial charge in [-0.2, -0.15) is 0 Å². The Hall–Kier alpha value is -2.04. The van der Waals surface area contributed by atoms with Crippen molar-refractivity contribution in [1.29, 1.82) is 0 Å². The first-order chi connectivity index (χ1) is 6.68. The van der Waals surface area contributed by atoms with Crippen LogP contribution in [0, 0.1) is 0 Å². The highest BCUT2D eigenvalue weighted by molar-refractivity contribution is 5.92. The summed E-state index contributed by atoms with van der Waals surface area (Å²) in [5.41, 5.74) is 7.41. The van der Waals surface area contributed by atoms with Crippen LogP contribution < -0.4 is 16.4 Å². The molecule has 0 saturated heterocycles. The summed E-state index contributed by atoms with van der Waals surface area (Å²) >= 11 is 0. The van der Waals surface area contributed by atoms with Crippen molar-refractivity contribution in [3.63, 3.8) is 0 Å². The molecule has 5 nitrogen and oxygen atoms in total. The van der Waals surface area contributed by atoms with Gasteiger partial charge in [0.2, 0.25) is 0 Å². The van der Waals surface area contributed by atoms with Gasteiger partial charge in [0, 0.05) is 6.54 Å². The fraction of sp³-hybridized carbons (Fsp3) is 0.111. The minimum absolute atomic E-state index is 0.333. The number of hydrogen-bond donors (Lipinski definition) is 2. The van der Waals surface area contributed by atoms with Gasteiger partial charge in [-0.05, 0) is 5.56 Å². The second-order valence-electron chi connectivity index (χ2n) is 2.62. The number of imide groups is 1. The summed E-state index contributed by atoms with van der Waals surface area (Å²) in [6.07, 6.45) is 0. The maximum atomic E-state index is 10.9. The van der Waals surface area contributed by atoms with E-state index in [1.54, 1.807) is 5.32 Å². The van der Waals surface area contributed by atoms with E-state index in [2.05, 4.69) is 5.32 Å². The first kappa shape index (κ1) is 10.0. The number of urea groups is 2. The van der Waals surface area contributed by atoms with Crippen LogP contribution in [0.2, 0.25) is 0 Å². The molecule has 0 heterocycles. The summed E-state index contributed by atoms with van der Waals surface area (Å²) in [6, 6.07) is 7.50.